The Morgan fingerprint density at radius 3 is 2.20 bits per heavy atom. The van der Waals surface area contributed by atoms with Crippen LogP contribution in [-0.4, -0.2) is 14.6 Å². The van der Waals surface area contributed by atoms with E-state index in [1.807, 2.05) is 0 Å². The van der Waals surface area contributed by atoms with Crippen molar-refractivity contribution in [1.82, 2.24) is 0 Å². The fourth-order valence-corrected chi connectivity index (χ4v) is 1.98. The van der Waals surface area contributed by atoms with E-state index in [1.54, 1.807) is 0 Å². The standard InChI is InChI=1S/C13H10F2N2O2S/c14-12-6-1-9(7-13(12)15)8-17-10-2-4-11(5-3-10)20(16,18)19/h1-8H,(H2,16,18,19). The fraction of sp³-hybridized carbons (Fsp3) is 0. The Hall–Kier alpha value is -2.12. The second-order valence-corrected chi connectivity index (χ2v) is 5.53. The van der Waals surface area contributed by atoms with Gasteiger partial charge in [-0.3, -0.25) is 4.99 Å². The predicted octanol–water partition coefficient (Wildman–Crippen LogP) is 2.36. The molecular formula is C13H10F2N2O2S. The number of hydrogen-bond acceptors (Lipinski definition) is 3. The van der Waals surface area contributed by atoms with Crippen LogP contribution in [0.15, 0.2) is 52.4 Å². The van der Waals surface area contributed by atoms with Crippen molar-refractivity contribution in [2.75, 3.05) is 0 Å². The van der Waals surface area contributed by atoms with Crippen LogP contribution in [0.1, 0.15) is 5.56 Å². The van der Waals surface area contributed by atoms with Gasteiger partial charge in [0.05, 0.1) is 10.6 Å². The molecule has 0 fully saturated rings. The van der Waals surface area contributed by atoms with Crippen molar-refractivity contribution in [3.63, 3.8) is 0 Å². The maximum atomic E-state index is 13.0. The van der Waals surface area contributed by atoms with Crippen molar-refractivity contribution >= 4 is 21.9 Å². The summed E-state index contributed by atoms with van der Waals surface area (Å²) in [5, 5.41) is 4.96. The highest BCUT2D eigenvalue weighted by atomic mass is 32.2. The molecule has 2 rings (SSSR count). The van der Waals surface area contributed by atoms with Crippen LogP contribution < -0.4 is 5.14 Å². The van der Waals surface area contributed by atoms with Crippen LogP contribution in [0.25, 0.3) is 0 Å². The lowest BCUT2D eigenvalue weighted by Gasteiger charge is -1.99. The average molecular weight is 296 g/mol. The number of sulfonamides is 1. The molecule has 2 aromatic carbocycles. The summed E-state index contributed by atoms with van der Waals surface area (Å²) >= 11 is 0. The largest absolute Gasteiger partial charge is 0.256 e. The summed E-state index contributed by atoms with van der Waals surface area (Å²) in [5.74, 6) is -1.89. The normalized spacial score (nSPS) is 11.9. The Bertz CT molecular complexity index is 756. The maximum absolute atomic E-state index is 13.0. The number of nitrogens with two attached hydrogens (primary N) is 1. The van der Waals surface area contributed by atoms with Gasteiger partial charge in [0, 0.05) is 6.21 Å². The third-order valence-corrected chi connectivity index (χ3v) is 3.40. The molecule has 0 aliphatic heterocycles. The molecule has 0 aliphatic carbocycles. The Kier molecular flexibility index (Phi) is 3.91. The number of primary sulfonamides is 1. The zero-order valence-corrected chi connectivity index (χ0v) is 10.9. The molecule has 104 valence electrons. The van der Waals surface area contributed by atoms with Crippen LogP contribution in [-0.2, 0) is 10.0 Å². The lowest BCUT2D eigenvalue weighted by molar-refractivity contribution is 0.508. The van der Waals surface area contributed by atoms with E-state index >= 15 is 0 Å². The molecule has 0 aliphatic rings. The smallest absolute Gasteiger partial charge is 0.238 e. The van der Waals surface area contributed by atoms with E-state index in [2.05, 4.69) is 4.99 Å². The minimum absolute atomic E-state index is 0.0238. The van der Waals surface area contributed by atoms with Crippen LogP contribution in [0.3, 0.4) is 0 Å². The molecule has 0 amide bonds. The molecule has 2 aromatic rings. The number of hydrogen-bond donors (Lipinski definition) is 1. The first kappa shape index (κ1) is 14.3. The van der Waals surface area contributed by atoms with Crippen molar-refractivity contribution in [2.24, 2.45) is 10.1 Å². The van der Waals surface area contributed by atoms with Gasteiger partial charge in [-0.2, -0.15) is 0 Å². The van der Waals surface area contributed by atoms with Crippen LogP contribution >= 0.6 is 0 Å². The minimum atomic E-state index is -3.74. The highest BCUT2D eigenvalue weighted by Crippen LogP contribution is 2.16. The van der Waals surface area contributed by atoms with E-state index in [9.17, 15) is 17.2 Å². The highest BCUT2D eigenvalue weighted by Gasteiger charge is 2.06. The van der Waals surface area contributed by atoms with Gasteiger partial charge < -0.3 is 0 Å². The molecule has 0 saturated heterocycles. The molecule has 0 bridgehead atoms. The second kappa shape index (κ2) is 5.48. The summed E-state index contributed by atoms with van der Waals surface area (Å²) in [7, 11) is -3.74. The van der Waals surface area contributed by atoms with Gasteiger partial charge in [-0.15, -0.1) is 0 Å². The van der Waals surface area contributed by atoms with Crippen LogP contribution in [0.5, 0.6) is 0 Å². The Labute approximate surface area is 114 Å². The van der Waals surface area contributed by atoms with E-state index < -0.39 is 21.7 Å². The van der Waals surface area contributed by atoms with E-state index in [0.717, 1.165) is 12.1 Å². The van der Waals surface area contributed by atoms with Crippen molar-refractivity contribution in [3.8, 4) is 0 Å². The van der Waals surface area contributed by atoms with E-state index in [4.69, 9.17) is 5.14 Å². The van der Waals surface area contributed by atoms with Crippen molar-refractivity contribution < 1.29 is 17.2 Å². The number of rotatable bonds is 3. The zero-order valence-electron chi connectivity index (χ0n) is 10.1. The first-order chi connectivity index (χ1) is 9.36. The lowest BCUT2D eigenvalue weighted by atomic mass is 10.2. The molecule has 0 unspecified atom stereocenters. The molecule has 4 nitrogen and oxygen atoms in total. The van der Waals surface area contributed by atoms with E-state index in [0.29, 0.717) is 11.3 Å². The molecule has 0 saturated carbocycles. The van der Waals surface area contributed by atoms with Crippen molar-refractivity contribution in [1.29, 1.82) is 0 Å². The Balaban J connectivity index is 2.21. The summed E-state index contributed by atoms with van der Waals surface area (Å²) in [4.78, 5) is 4.00. The monoisotopic (exact) mass is 296 g/mol. The third kappa shape index (κ3) is 3.46. The lowest BCUT2D eigenvalue weighted by Crippen LogP contribution is -2.11. The molecule has 20 heavy (non-hydrogen) atoms. The molecule has 0 aromatic heterocycles. The van der Waals surface area contributed by atoms with E-state index in [1.165, 1.54) is 36.5 Å². The molecule has 7 heteroatoms. The predicted molar refractivity (Wildman–Crippen MR) is 71.4 cm³/mol. The van der Waals surface area contributed by atoms with Crippen LogP contribution in [0.2, 0.25) is 0 Å². The van der Waals surface area contributed by atoms with Crippen LogP contribution in [0.4, 0.5) is 14.5 Å². The van der Waals surface area contributed by atoms with E-state index in [-0.39, 0.29) is 4.90 Å². The van der Waals surface area contributed by atoms with Gasteiger partial charge in [-0.1, -0.05) is 6.07 Å². The fourth-order valence-electron chi connectivity index (χ4n) is 1.46. The number of benzene rings is 2. The maximum Gasteiger partial charge on any atom is 0.238 e. The van der Waals surface area contributed by atoms with Crippen molar-refractivity contribution in [2.45, 2.75) is 4.90 Å². The Morgan fingerprint density at radius 1 is 1.00 bits per heavy atom. The van der Waals surface area contributed by atoms with Gasteiger partial charge in [-0.05, 0) is 42.0 Å². The quantitative estimate of drug-likeness (QED) is 0.883. The minimum Gasteiger partial charge on any atom is -0.256 e. The summed E-state index contributed by atoms with van der Waals surface area (Å²) in [6, 6.07) is 8.92. The topological polar surface area (TPSA) is 72.5 Å². The molecule has 0 atom stereocenters. The first-order valence-corrected chi connectivity index (χ1v) is 7.03. The zero-order chi connectivity index (χ0) is 14.8. The number of halogens is 2. The number of aliphatic imine (C=N–C) groups is 1. The number of nitrogens with zero attached hydrogens (tertiary/aromatic N) is 1. The van der Waals surface area contributed by atoms with Crippen LogP contribution in [0, 0.1) is 11.6 Å². The molecule has 2 N–H and O–H groups in total. The summed E-state index contributed by atoms with van der Waals surface area (Å²) in [5.41, 5.74) is 0.849. The highest BCUT2D eigenvalue weighted by molar-refractivity contribution is 7.89. The van der Waals surface area contributed by atoms with Crippen molar-refractivity contribution in [3.05, 3.63) is 59.7 Å². The van der Waals surface area contributed by atoms with Gasteiger partial charge in [0.2, 0.25) is 10.0 Å². The first-order valence-electron chi connectivity index (χ1n) is 5.48. The van der Waals surface area contributed by atoms with Gasteiger partial charge >= 0.3 is 0 Å². The van der Waals surface area contributed by atoms with Gasteiger partial charge in [0.25, 0.3) is 0 Å². The summed E-state index contributed by atoms with van der Waals surface area (Å²) < 4.78 is 47.8. The molecule has 0 radical (unpaired) electrons. The SMILES string of the molecule is NS(=O)(=O)c1ccc(N=Cc2ccc(F)c(F)c2)cc1. The van der Waals surface area contributed by atoms with Gasteiger partial charge in [0.1, 0.15) is 0 Å². The second-order valence-electron chi connectivity index (χ2n) is 3.97. The molecule has 0 heterocycles. The average Bonchev–Trinajstić information content (AvgIpc) is 2.40. The third-order valence-electron chi connectivity index (χ3n) is 2.47. The van der Waals surface area contributed by atoms with Gasteiger partial charge in [-0.25, -0.2) is 22.3 Å². The molecule has 0 spiro atoms. The summed E-state index contributed by atoms with van der Waals surface area (Å²) in [6.07, 6.45) is 1.34. The summed E-state index contributed by atoms with van der Waals surface area (Å²) in [6.45, 7) is 0. The Morgan fingerprint density at radius 2 is 1.65 bits per heavy atom. The van der Waals surface area contributed by atoms with Gasteiger partial charge in [0.15, 0.2) is 11.6 Å². The molecular weight excluding hydrogens is 286 g/mol.